The number of nitrogens with two attached hydrogens (primary N) is 1. The van der Waals surface area contributed by atoms with Crippen LogP contribution in [-0.2, 0) is 0 Å². The average Bonchev–Trinajstić information content (AvgIpc) is 2.30. The van der Waals surface area contributed by atoms with Crippen molar-refractivity contribution < 1.29 is 14.1 Å². The van der Waals surface area contributed by atoms with Crippen LogP contribution < -0.4 is 5.32 Å². The number of hydrogen-bond acceptors (Lipinski definition) is 2. The van der Waals surface area contributed by atoms with E-state index in [-0.39, 0.29) is 12.8 Å². The maximum absolute atomic E-state index is 12.9. The molecule has 0 radical (unpaired) electrons. The molecule has 1 aliphatic rings. The summed E-state index contributed by atoms with van der Waals surface area (Å²) in [5.74, 6) is -2.47. The van der Waals surface area contributed by atoms with Crippen molar-refractivity contribution in [3.63, 3.8) is 0 Å². The molecule has 0 aromatic carbocycles. The number of alkyl halides is 2. The van der Waals surface area contributed by atoms with Gasteiger partial charge in [0.25, 0.3) is 5.92 Å². The highest BCUT2D eigenvalue weighted by Gasteiger charge is 2.33. The van der Waals surface area contributed by atoms with Crippen molar-refractivity contribution in [1.82, 2.24) is 4.90 Å². The molecule has 0 aliphatic carbocycles. The van der Waals surface area contributed by atoms with E-state index in [2.05, 4.69) is 11.0 Å². The number of rotatable bonds is 5. The molecule has 0 atom stereocenters. The lowest BCUT2D eigenvalue weighted by atomic mass is 10.1. The van der Waals surface area contributed by atoms with E-state index in [1.165, 1.54) is 0 Å². The van der Waals surface area contributed by atoms with Crippen molar-refractivity contribution in [3.05, 3.63) is 11.8 Å². The SMILES string of the molecule is C[NH2+]/C=C(\C#N)CCCN1CCC(F)(F)CC1. The topological polar surface area (TPSA) is 43.6 Å². The van der Waals surface area contributed by atoms with Crippen molar-refractivity contribution in [2.24, 2.45) is 0 Å². The Labute approximate surface area is 101 Å². The maximum Gasteiger partial charge on any atom is 0.250 e. The minimum Gasteiger partial charge on any atom is -0.322 e. The van der Waals surface area contributed by atoms with Gasteiger partial charge in [-0.2, -0.15) is 5.26 Å². The van der Waals surface area contributed by atoms with E-state index in [1.54, 1.807) is 0 Å². The number of hydrogen-bond donors (Lipinski definition) is 1. The molecule has 5 heteroatoms. The van der Waals surface area contributed by atoms with Gasteiger partial charge in [0.15, 0.2) is 0 Å². The van der Waals surface area contributed by atoms with Crippen LogP contribution >= 0.6 is 0 Å². The first-order valence-corrected chi connectivity index (χ1v) is 6.06. The van der Waals surface area contributed by atoms with Gasteiger partial charge in [0, 0.05) is 25.9 Å². The minimum absolute atomic E-state index is 0.0311. The summed E-state index contributed by atoms with van der Waals surface area (Å²) >= 11 is 0. The van der Waals surface area contributed by atoms with Gasteiger partial charge in [0.05, 0.1) is 12.6 Å². The molecule has 1 aliphatic heterocycles. The third kappa shape index (κ3) is 5.24. The van der Waals surface area contributed by atoms with E-state index in [1.807, 2.05) is 18.6 Å². The standard InChI is InChI=1S/C12H19F2N3/c1-16-10-11(9-15)3-2-6-17-7-4-12(13,14)5-8-17/h10,16H,2-8H2,1H3/p+1/b11-10-. The van der Waals surface area contributed by atoms with Crippen LogP contribution in [0.25, 0.3) is 0 Å². The van der Waals surface area contributed by atoms with Gasteiger partial charge in [-0.1, -0.05) is 0 Å². The number of piperidine rings is 1. The summed E-state index contributed by atoms with van der Waals surface area (Å²) in [6, 6.07) is 2.15. The van der Waals surface area contributed by atoms with Crippen LogP contribution in [0.5, 0.6) is 0 Å². The molecule has 2 N–H and O–H groups in total. The van der Waals surface area contributed by atoms with Crippen LogP contribution in [0.2, 0.25) is 0 Å². The molecule has 17 heavy (non-hydrogen) atoms. The van der Waals surface area contributed by atoms with Crippen LogP contribution in [0.3, 0.4) is 0 Å². The highest BCUT2D eigenvalue weighted by Crippen LogP contribution is 2.27. The molecule has 96 valence electrons. The Bertz CT molecular complexity index is 297. The summed E-state index contributed by atoms with van der Waals surface area (Å²) in [6.45, 7) is 1.75. The van der Waals surface area contributed by atoms with Crippen molar-refractivity contribution in [2.75, 3.05) is 26.7 Å². The molecule has 0 amide bonds. The second-order valence-electron chi connectivity index (χ2n) is 4.44. The van der Waals surface area contributed by atoms with Crippen LogP contribution in [0.4, 0.5) is 8.78 Å². The number of quaternary nitrogens is 1. The fraction of sp³-hybridized carbons (Fsp3) is 0.750. The van der Waals surface area contributed by atoms with Crippen LogP contribution in [0, 0.1) is 11.3 Å². The lowest BCUT2D eigenvalue weighted by Crippen LogP contribution is -2.72. The van der Waals surface area contributed by atoms with Crippen LogP contribution in [0.1, 0.15) is 25.7 Å². The van der Waals surface area contributed by atoms with Gasteiger partial charge in [0.1, 0.15) is 12.3 Å². The fourth-order valence-corrected chi connectivity index (χ4v) is 1.97. The van der Waals surface area contributed by atoms with Gasteiger partial charge in [-0.3, -0.25) is 0 Å². The molecule has 1 saturated heterocycles. The van der Waals surface area contributed by atoms with Gasteiger partial charge in [-0.05, 0) is 19.4 Å². The third-order valence-electron chi connectivity index (χ3n) is 3.02. The molecule has 0 aromatic rings. The summed E-state index contributed by atoms with van der Waals surface area (Å²) in [5, 5.41) is 10.7. The molecular weight excluding hydrogens is 224 g/mol. The predicted molar refractivity (Wildman–Crippen MR) is 61.4 cm³/mol. The van der Waals surface area contributed by atoms with E-state index in [0.29, 0.717) is 13.1 Å². The first kappa shape index (κ1) is 14.1. The Morgan fingerprint density at radius 3 is 2.65 bits per heavy atom. The number of allylic oxidation sites excluding steroid dienone is 1. The molecule has 0 saturated carbocycles. The lowest BCUT2D eigenvalue weighted by molar-refractivity contribution is -0.557. The molecular formula is C12H20F2N3+. The molecule has 0 aromatic heterocycles. The summed E-state index contributed by atoms with van der Waals surface area (Å²) in [4.78, 5) is 2.06. The highest BCUT2D eigenvalue weighted by atomic mass is 19.3. The monoisotopic (exact) mass is 244 g/mol. The number of likely N-dealkylation sites (tertiary alicyclic amines) is 1. The zero-order valence-electron chi connectivity index (χ0n) is 10.3. The largest absolute Gasteiger partial charge is 0.322 e. The van der Waals surface area contributed by atoms with Crippen molar-refractivity contribution >= 4 is 0 Å². The summed E-state index contributed by atoms with van der Waals surface area (Å²) in [5.41, 5.74) is 0.759. The molecule has 0 bridgehead atoms. The summed E-state index contributed by atoms with van der Waals surface area (Å²) in [7, 11) is 1.88. The van der Waals surface area contributed by atoms with Gasteiger partial charge < -0.3 is 10.2 Å². The van der Waals surface area contributed by atoms with E-state index in [9.17, 15) is 8.78 Å². The molecule has 3 nitrogen and oxygen atoms in total. The van der Waals surface area contributed by atoms with Gasteiger partial charge >= 0.3 is 0 Å². The normalized spacial score (nSPS) is 21.2. The Morgan fingerprint density at radius 1 is 1.47 bits per heavy atom. The molecule has 1 heterocycles. The zero-order valence-corrected chi connectivity index (χ0v) is 10.3. The van der Waals surface area contributed by atoms with Crippen molar-refractivity contribution in [2.45, 2.75) is 31.6 Å². The maximum atomic E-state index is 12.9. The Morgan fingerprint density at radius 2 is 2.12 bits per heavy atom. The van der Waals surface area contributed by atoms with Crippen LogP contribution in [-0.4, -0.2) is 37.5 Å². The lowest BCUT2D eigenvalue weighted by Gasteiger charge is -2.31. The Kier molecular flexibility index (Phi) is 5.52. The van der Waals surface area contributed by atoms with E-state index in [0.717, 1.165) is 25.0 Å². The average molecular weight is 244 g/mol. The summed E-state index contributed by atoms with van der Waals surface area (Å²) < 4.78 is 25.8. The zero-order chi connectivity index (χ0) is 12.7. The number of nitrogens with zero attached hydrogens (tertiary/aromatic N) is 2. The Balaban J connectivity index is 2.20. The molecule has 0 unspecified atom stereocenters. The molecule has 1 fully saturated rings. The quantitative estimate of drug-likeness (QED) is 0.736. The van der Waals surface area contributed by atoms with Gasteiger partial charge in [-0.15, -0.1) is 0 Å². The van der Waals surface area contributed by atoms with E-state index in [4.69, 9.17) is 5.26 Å². The first-order chi connectivity index (χ1) is 8.07. The Hall–Kier alpha value is -0.990. The minimum atomic E-state index is -2.47. The predicted octanol–water partition coefficient (Wildman–Crippen LogP) is 1.10. The second kappa shape index (κ2) is 6.67. The highest BCUT2D eigenvalue weighted by molar-refractivity contribution is 5.17. The fourth-order valence-electron chi connectivity index (χ4n) is 1.97. The smallest absolute Gasteiger partial charge is 0.250 e. The second-order valence-corrected chi connectivity index (χ2v) is 4.44. The number of nitriles is 1. The van der Waals surface area contributed by atoms with E-state index < -0.39 is 5.92 Å². The first-order valence-electron chi connectivity index (χ1n) is 6.06. The van der Waals surface area contributed by atoms with Gasteiger partial charge in [-0.25, -0.2) is 8.78 Å². The van der Waals surface area contributed by atoms with E-state index >= 15 is 0 Å². The van der Waals surface area contributed by atoms with Crippen LogP contribution in [0.15, 0.2) is 11.8 Å². The molecule has 0 spiro atoms. The number of halogens is 2. The van der Waals surface area contributed by atoms with Crippen molar-refractivity contribution in [3.8, 4) is 6.07 Å². The van der Waals surface area contributed by atoms with Crippen molar-refractivity contribution in [1.29, 1.82) is 5.26 Å². The molecule has 1 rings (SSSR count). The third-order valence-corrected chi connectivity index (χ3v) is 3.02. The summed E-state index contributed by atoms with van der Waals surface area (Å²) in [6.07, 6.45) is 3.34. The van der Waals surface area contributed by atoms with Gasteiger partial charge in [0.2, 0.25) is 0 Å².